The number of anilines is 2. The van der Waals surface area contributed by atoms with Gasteiger partial charge in [-0.25, -0.2) is 4.98 Å². The number of hydrogen-bond acceptors (Lipinski definition) is 7. The van der Waals surface area contributed by atoms with Crippen molar-refractivity contribution in [2.75, 3.05) is 37.9 Å². The van der Waals surface area contributed by atoms with Crippen molar-refractivity contribution in [2.45, 2.75) is 26.1 Å². The van der Waals surface area contributed by atoms with Gasteiger partial charge in [-0.2, -0.15) is 4.98 Å². The molecule has 0 aliphatic carbocycles. The predicted molar refractivity (Wildman–Crippen MR) is 89.3 cm³/mol. The van der Waals surface area contributed by atoms with Crippen LogP contribution in [0.25, 0.3) is 10.9 Å². The Hall–Kier alpha value is -2.28. The minimum absolute atomic E-state index is 0.129. The molecule has 1 aliphatic heterocycles. The molecule has 1 aromatic heterocycles. The first-order chi connectivity index (χ1) is 11.0. The smallest absolute Gasteiger partial charge is 0.228 e. The maximum absolute atomic E-state index is 6.14. The van der Waals surface area contributed by atoms with Gasteiger partial charge in [-0.05, 0) is 19.9 Å². The molecule has 2 N–H and O–H groups in total. The number of benzene rings is 1. The molecule has 2 atom stereocenters. The van der Waals surface area contributed by atoms with Crippen LogP contribution in [0.5, 0.6) is 11.5 Å². The maximum atomic E-state index is 6.14. The lowest BCUT2D eigenvalue weighted by Crippen LogP contribution is -2.46. The molecule has 1 aliphatic rings. The van der Waals surface area contributed by atoms with Crippen LogP contribution in [-0.4, -0.2) is 49.5 Å². The number of nitrogens with two attached hydrogens (primary N) is 1. The van der Waals surface area contributed by atoms with Crippen LogP contribution in [0, 0.1) is 0 Å². The highest BCUT2D eigenvalue weighted by Gasteiger charge is 2.25. The SMILES string of the molecule is COc1cc2nc(N3CC(C)OC(C)C3)nc(N)c2cc1OC. The minimum atomic E-state index is 0.129. The third-order valence-electron chi connectivity index (χ3n) is 3.92. The average Bonchev–Trinajstić information content (AvgIpc) is 2.52. The van der Waals surface area contributed by atoms with Crippen LogP contribution in [0.4, 0.5) is 11.8 Å². The van der Waals surface area contributed by atoms with E-state index in [9.17, 15) is 0 Å². The lowest BCUT2D eigenvalue weighted by atomic mass is 10.2. The minimum Gasteiger partial charge on any atom is -0.493 e. The molecular formula is C16H22N4O3. The van der Waals surface area contributed by atoms with E-state index in [-0.39, 0.29) is 12.2 Å². The van der Waals surface area contributed by atoms with E-state index in [1.54, 1.807) is 20.3 Å². The van der Waals surface area contributed by atoms with Crippen molar-refractivity contribution in [3.8, 4) is 11.5 Å². The van der Waals surface area contributed by atoms with Crippen molar-refractivity contribution in [3.05, 3.63) is 12.1 Å². The van der Waals surface area contributed by atoms with Gasteiger partial charge < -0.3 is 24.8 Å². The fraction of sp³-hybridized carbons (Fsp3) is 0.500. The number of fused-ring (bicyclic) bond motifs is 1. The van der Waals surface area contributed by atoms with Crippen molar-refractivity contribution < 1.29 is 14.2 Å². The lowest BCUT2D eigenvalue weighted by molar-refractivity contribution is -0.00569. The topological polar surface area (TPSA) is 82.7 Å². The summed E-state index contributed by atoms with van der Waals surface area (Å²) < 4.78 is 16.4. The van der Waals surface area contributed by atoms with E-state index in [1.807, 2.05) is 19.9 Å². The summed E-state index contributed by atoms with van der Waals surface area (Å²) in [6.45, 7) is 5.56. The van der Waals surface area contributed by atoms with Crippen LogP contribution < -0.4 is 20.1 Å². The van der Waals surface area contributed by atoms with Gasteiger partial charge in [0.25, 0.3) is 0 Å². The van der Waals surface area contributed by atoms with Gasteiger partial charge in [-0.3, -0.25) is 0 Å². The standard InChI is InChI=1S/C16H22N4O3/c1-9-7-20(8-10(2)23-9)16-18-12-6-14(22-4)13(21-3)5-11(12)15(17)19-16/h5-6,9-10H,7-8H2,1-4H3,(H2,17,18,19). The van der Waals surface area contributed by atoms with E-state index in [4.69, 9.17) is 19.9 Å². The fourth-order valence-electron chi connectivity index (χ4n) is 2.95. The molecule has 7 nitrogen and oxygen atoms in total. The van der Waals surface area contributed by atoms with E-state index < -0.39 is 0 Å². The largest absolute Gasteiger partial charge is 0.493 e. The van der Waals surface area contributed by atoms with Crippen LogP contribution >= 0.6 is 0 Å². The zero-order chi connectivity index (χ0) is 16.6. The lowest BCUT2D eigenvalue weighted by Gasteiger charge is -2.35. The van der Waals surface area contributed by atoms with E-state index in [0.717, 1.165) is 24.0 Å². The molecule has 7 heteroatoms. The Kier molecular flexibility index (Phi) is 4.12. The summed E-state index contributed by atoms with van der Waals surface area (Å²) in [7, 11) is 3.19. The van der Waals surface area contributed by atoms with Crippen molar-refractivity contribution >= 4 is 22.7 Å². The average molecular weight is 318 g/mol. The second-order valence-corrected chi connectivity index (χ2v) is 5.80. The van der Waals surface area contributed by atoms with Crippen LogP contribution in [0.2, 0.25) is 0 Å². The molecule has 2 aromatic rings. The second-order valence-electron chi connectivity index (χ2n) is 5.80. The Labute approximate surface area is 135 Å². The van der Waals surface area contributed by atoms with Crippen molar-refractivity contribution in [2.24, 2.45) is 0 Å². The molecule has 0 bridgehead atoms. The van der Waals surface area contributed by atoms with E-state index in [0.29, 0.717) is 23.3 Å². The van der Waals surface area contributed by atoms with Gasteiger partial charge in [0.15, 0.2) is 11.5 Å². The summed E-state index contributed by atoms with van der Waals surface area (Å²) in [5.74, 6) is 2.27. The summed E-state index contributed by atoms with van der Waals surface area (Å²) in [4.78, 5) is 11.2. The zero-order valence-corrected chi connectivity index (χ0v) is 13.9. The number of rotatable bonds is 3. The highest BCUT2D eigenvalue weighted by atomic mass is 16.5. The van der Waals surface area contributed by atoms with Crippen LogP contribution in [-0.2, 0) is 4.74 Å². The predicted octanol–water partition coefficient (Wildman–Crippen LogP) is 1.84. The summed E-state index contributed by atoms with van der Waals surface area (Å²) in [5.41, 5.74) is 6.88. The van der Waals surface area contributed by atoms with Gasteiger partial charge in [-0.1, -0.05) is 0 Å². The molecule has 124 valence electrons. The van der Waals surface area contributed by atoms with E-state index >= 15 is 0 Å². The molecule has 0 radical (unpaired) electrons. The number of nitrogens with zero attached hydrogens (tertiary/aromatic N) is 3. The summed E-state index contributed by atoms with van der Waals surface area (Å²) in [6.07, 6.45) is 0.259. The Morgan fingerprint density at radius 1 is 1.09 bits per heavy atom. The van der Waals surface area contributed by atoms with Crippen molar-refractivity contribution in [3.63, 3.8) is 0 Å². The van der Waals surface area contributed by atoms with Crippen molar-refractivity contribution in [1.29, 1.82) is 0 Å². The number of hydrogen-bond donors (Lipinski definition) is 1. The van der Waals surface area contributed by atoms with Gasteiger partial charge in [-0.15, -0.1) is 0 Å². The monoisotopic (exact) mass is 318 g/mol. The molecule has 2 unspecified atom stereocenters. The van der Waals surface area contributed by atoms with Gasteiger partial charge in [0.1, 0.15) is 5.82 Å². The molecule has 2 heterocycles. The van der Waals surface area contributed by atoms with Crippen molar-refractivity contribution in [1.82, 2.24) is 9.97 Å². The molecule has 3 rings (SSSR count). The van der Waals surface area contributed by atoms with E-state index in [1.165, 1.54) is 0 Å². The number of nitrogen functional groups attached to an aromatic ring is 1. The number of aromatic nitrogens is 2. The molecule has 23 heavy (non-hydrogen) atoms. The zero-order valence-electron chi connectivity index (χ0n) is 13.9. The number of morpholine rings is 1. The molecule has 0 amide bonds. The van der Waals surface area contributed by atoms with Crippen LogP contribution in [0.15, 0.2) is 12.1 Å². The molecule has 1 aromatic carbocycles. The van der Waals surface area contributed by atoms with Gasteiger partial charge in [0, 0.05) is 24.5 Å². The molecule has 0 saturated carbocycles. The Morgan fingerprint density at radius 3 is 2.30 bits per heavy atom. The van der Waals surface area contributed by atoms with Gasteiger partial charge in [0.05, 0.1) is 31.9 Å². The summed E-state index contributed by atoms with van der Waals surface area (Å²) in [5, 5.41) is 0.751. The molecule has 1 saturated heterocycles. The Bertz CT molecular complexity index is 712. The third kappa shape index (κ3) is 2.96. The van der Waals surface area contributed by atoms with Crippen LogP contribution in [0.1, 0.15) is 13.8 Å². The first-order valence-corrected chi connectivity index (χ1v) is 7.61. The third-order valence-corrected chi connectivity index (χ3v) is 3.92. The normalized spacial score (nSPS) is 21.5. The number of methoxy groups -OCH3 is 2. The van der Waals surface area contributed by atoms with Gasteiger partial charge >= 0.3 is 0 Å². The molecule has 1 fully saturated rings. The molecule has 0 spiro atoms. The van der Waals surface area contributed by atoms with E-state index in [2.05, 4.69) is 14.9 Å². The second kappa shape index (κ2) is 6.08. The number of ether oxygens (including phenoxy) is 3. The highest BCUT2D eigenvalue weighted by molar-refractivity contribution is 5.91. The molecular weight excluding hydrogens is 296 g/mol. The fourth-order valence-corrected chi connectivity index (χ4v) is 2.95. The quantitative estimate of drug-likeness (QED) is 0.924. The Morgan fingerprint density at radius 2 is 1.70 bits per heavy atom. The first-order valence-electron chi connectivity index (χ1n) is 7.61. The summed E-state index contributed by atoms with van der Waals surface area (Å²) in [6, 6.07) is 3.63. The highest BCUT2D eigenvalue weighted by Crippen LogP contribution is 2.34. The summed E-state index contributed by atoms with van der Waals surface area (Å²) >= 11 is 0. The Balaban J connectivity index is 2.06. The van der Waals surface area contributed by atoms with Gasteiger partial charge in [0.2, 0.25) is 5.95 Å². The first kappa shape index (κ1) is 15.6. The maximum Gasteiger partial charge on any atom is 0.228 e. The van der Waals surface area contributed by atoms with Crippen LogP contribution in [0.3, 0.4) is 0 Å².